The van der Waals surface area contributed by atoms with E-state index in [4.69, 9.17) is 14.2 Å². The van der Waals surface area contributed by atoms with Gasteiger partial charge in [-0.2, -0.15) is 0 Å². The van der Waals surface area contributed by atoms with E-state index < -0.39 is 0 Å². The number of carbonyl (C=O) groups is 1. The summed E-state index contributed by atoms with van der Waals surface area (Å²) in [5, 5.41) is 0. The molecular formula is C19H18O4. The molecule has 2 aromatic carbocycles. The molecule has 4 heteroatoms. The molecule has 0 N–H and O–H groups in total. The van der Waals surface area contributed by atoms with Gasteiger partial charge in [0, 0.05) is 5.57 Å². The highest BCUT2D eigenvalue weighted by Crippen LogP contribution is 2.31. The number of benzene rings is 2. The van der Waals surface area contributed by atoms with Crippen LogP contribution in [0.25, 0.3) is 6.08 Å². The predicted molar refractivity (Wildman–Crippen MR) is 88.4 cm³/mol. The van der Waals surface area contributed by atoms with Crippen LogP contribution in [0.2, 0.25) is 0 Å². The molecule has 0 saturated carbocycles. The normalized spacial score (nSPS) is 15.0. The Bertz CT molecular complexity index is 762. The number of ketones is 1. The number of hydrogen-bond donors (Lipinski definition) is 0. The maximum atomic E-state index is 12.5. The quantitative estimate of drug-likeness (QED) is 0.807. The Kier molecular flexibility index (Phi) is 4.33. The predicted octanol–water partition coefficient (Wildman–Crippen LogP) is 3.75. The number of rotatable bonds is 4. The Morgan fingerprint density at radius 3 is 2.78 bits per heavy atom. The summed E-state index contributed by atoms with van der Waals surface area (Å²) in [6.07, 6.45) is 1.83. The second-order valence-corrected chi connectivity index (χ2v) is 5.13. The molecule has 0 bridgehead atoms. The molecule has 0 aromatic heterocycles. The van der Waals surface area contributed by atoms with Crippen molar-refractivity contribution >= 4 is 11.9 Å². The van der Waals surface area contributed by atoms with Crippen molar-refractivity contribution in [2.24, 2.45) is 0 Å². The van der Waals surface area contributed by atoms with Gasteiger partial charge in [0.05, 0.1) is 19.3 Å². The van der Waals surface area contributed by atoms with Crippen molar-refractivity contribution in [2.45, 2.75) is 6.92 Å². The third-order valence-electron chi connectivity index (χ3n) is 3.63. The van der Waals surface area contributed by atoms with Crippen LogP contribution in [0.5, 0.6) is 17.2 Å². The second kappa shape index (κ2) is 6.57. The molecule has 3 rings (SSSR count). The summed E-state index contributed by atoms with van der Waals surface area (Å²) in [5.74, 6) is 1.97. The highest BCUT2D eigenvalue weighted by molar-refractivity contribution is 6.14. The maximum Gasteiger partial charge on any atom is 0.196 e. The standard InChI is InChI=1S/C19H18O4/c1-3-22-17-9-8-13(11-18(17)21-2)10-14-12-23-16-7-5-4-6-15(16)19(14)20/h4-11H,3,12H2,1-2H3/b14-10+. The topological polar surface area (TPSA) is 44.8 Å². The second-order valence-electron chi connectivity index (χ2n) is 5.13. The summed E-state index contributed by atoms with van der Waals surface area (Å²) < 4.78 is 16.5. The zero-order chi connectivity index (χ0) is 16.2. The van der Waals surface area contributed by atoms with Crippen molar-refractivity contribution in [2.75, 3.05) is 20.3 Å². The molecule has 1 heterocycles. The van der Waals surface area contributed by atoms with Gasteiger partial charge < -0.3 is 14.2 Å². The molecule has 0 atom stereocenters. The molecule has 4 nitrogen and oxygen atoms in total. The maximum absolute atomic E-state index is 12.5. The number of Topliss-reactive ketones (excluding diaryl/α,β-unsaturated/α-hetero) is 1. The van der Waals surface area contributed by atoms with Gasteiger partial charge >= 0.3 is 0 Å². The van der Waals surface area contributed by atoms with Crippen molar-refractivity contribution in [1.82, 2.24) is 0 Å². The van der Waals surface area contributed by atoms with Crippen LogP contribution in [0.3, 0.4) is 0 Å². The first-order valence-electron chi connectivity index (χ1n) is 7.51. The molecule has 0 fully saturated rings. The smallest absolute Gasteiger partial charge is 0.196 e. The minimum absolute atomic E-state index is 0.000276. The zero-order valence-electron chi connectivity index (χ0n) is 13.2. The van der Waals surface area contributed by atoms with Crippen molar-refractivity contribution in [1.29, 1.82) is 0 Å². The number of para-hydroxylation sites is 1. The molecule has 1 aliphatic rings. The minimum Gasteiger partial charge on any atom is -0.493 e. The minimum atomic E-state index is -0.000276. The van der Waals surface area contributed by atoms with Crippen LogP contribution in [0.1, 0.15) is 22.8 Å². The molecule has 0 saturated heterocycles. The lowest BCUT2D eigenvalue weighted by atomic mass is 9.98. The largest absolute Gasteiger partial charge is 0.493 e. The SMILES string of the molecule is CCOc1ccc(/C=C2\COc3ccccc3C2=O)cc1OC. The number of hydrogen-bond acceptors (Lipinski definition) is 4. The monoisotopic (exact) mass is 310 g/mol. The number of ether oxygens (including phenoxy) is 3. The molecule has 0 spiro atoms. The van der Waals surface area contributed by atoms with Crippen molar-refractivity contribution in [3.8, 4) is 17.2 Å². The van der Waals surface area contributed by atoms with Gasteiger partial charge in [0.2, 0.25) is 0 Å². The van der Waals surface area contributed by atoms with E-state index in [0.29, 0.717) is 35.0 Å². The Balaban J connectivity index is 1.92. The van der Waals surface area contributed by atoms with Gasteiger partial charge in [0.25, 0.3) is 0 Å². The lowest BCUT2D eigenvalue weighted by Gasteiger charge is -2.18. The van der Waals surface area contributed by atoms with E-state index in [-0.39, 0.29) is 12.4 Å². The lowest BCUT2D eigenvalue weighted by molar-refractivity contribution is 0.100. The van der Waals surface area contributed by atoms with Gasteiger partial charge in [-0.25, -0.2) is 0 Å². The first-order valence-corrected chi connectivity index (χ1v) is 7.51. The van der Waals surface area contributed by atoms with Crippen LogP contribution in [0.15, 0.2) is 48.0 Å². The van der Waals surface area contributed by atoms with Gasteiger partial charge in [0.1, 0.15) is 12.4 Å². The van der Waals surface area contributed by atoms with E-state index in [9.17, 15) is 4.79 Å². The Morgan fingerprint density at radius 1 is 1.17 bits per heavy atom. The summed E-state index contributed by atoms with van der Waals surface area (Å²) in [6, 6.07) is 12.9. The third-order valence-corrected chi connectivity index (χ3v) is 3.63. The molecule has 118 valence electrons. The van der Waals surface area contributed by atoms with Gasteiger partial charge in [-0.1, -0.05) is 18.2 Å². The number of methoxy groups -OCH3 is 1. The summed E-state index contributed by atoms with van der Waals surface area (Å²) in [4.78, 5) is 12.5. The summed E-state index contributed by atoms with van der Waals surface area (Å²) >= 11 is 0. The summed E-state index contributed by atoms with van der Waals surface area (Å²) in [5.41, 5.74) is 2.09. The Hall–Kier alpha value is -2.75. The van der Waals surface area contributed by atoms with Crippen LogP contribution < -0.4 is 14.2 Å². The van der Waals surface area contributed by atoms with Crippen LogP contribution in [-0.4, -0.2) is 26.1 Å². The molecule has 2 aromatic rings. The van der Waals surface area contributed by atoms with E-state index >= 15 is 0 Å². The van der Waals surface area contributed by atoms with E-state index in [0.717, 1.165) is 5.56 Å². The molecular weight excluding hydrogens is 292 g/mol. The first kappa shape index (κ1) is 15.2. The van der Waals surface area contributed by atoms with Crippen LogP contribution in [0.4, 0.5) is 0 Å². The van der Waals surface area contributed by atoms with Crippen molar-refractivity contribution in [3.05, 3.63) is 59.2 Å². The average Bonchev–Trinajstić information content (AvgIpc) is 2.59. The van der Waals surface area contributed by atoms with E-state index in [1.54, 1.807) is 13.2 Å². The highest BCUT2D eigenvalue weighted by Gasteiger charge is 2.22. The lowest BCUT2D eigenvalue weighted by Crippen LogP contribution is -2.18. The van der Waals surface area contributed by atoms with Crippen LogP contribution in [-0.2, 0) is 0 Å². The number of carbonyl (C=O) groups excluding carboxylic acids is 1. The fourth-order valence-electron chi connectivity index (χ4n) is 2.53. The highest BCUT2D eigenvalue weighted by atomic mass is 16.5. The Morgan fingerprint density at radius 2 is 2.00 bits per heavy atom. The van der Waals surface area contributed by atoms with Crippen LogP contribution >= 0.6 is 0 Å². The van der Waals surface area contributed by atoms with Crippen LogP contribution in [0, 0.1) is 0 Å². The molecule has 0 radical (unpaired) electrons. The van der Waals surface area contributed by atoms with Crippen molar-refractivity contribution < 1.29 is 19.0 Å². The molecule has 1 aliphatic heterocycles. The molecule has 23 heavy (non-hydrogen) atoms. The summed E-state index contributed by atoms with van der Waals surface area (Å²) in [6.45, 7) is 2.76. The average molecular weight is 310 g/mol. The van der Waals surface area contributed by atoms with Gasteiger partial charge in [0.15, 0.2) is 17.3 Å². The number of fused-ring (bicyclic) bond motifs is 1. The molecule has 0 aliphatic carbocycles. The van der Waals surface area contributed by atoms with Gasteiger partial charge in [-0.3, -0.25) is 4.79 Å². The fourth-order valence-corrected chi connectivity index (χ4v) is 2.53. The van der Waals surface area contributed by atoms with E-state index in [1.165, 1.54) is 0 Å². The summed E-state index contributed by atoms with van der Waals surface area (Å²) in [7, 11) is 1.60. The first-order chi connectivity index (χ1) is 11.2. The van der Waals surface area contributed by atoms with E-state index in [2.05, 4.69) is 0 Å². The van der Waals surface area contributed by atoms with Gasteiger partial charge in [-0.15, -0.1) is 0 Å². The molecule has 0 amide bonds. The van der Waals surface area contributed by atoms with Crippen molar-refractivity contribution in [3.63, 3.8) is 0 Å². The van der Waals surface area contributed by atoms with E-state index in [1.807, 2.05) is 49.4 Å². The fraction of sp³-hybridized carbons (Fsp3) is 0.211. The van der Waals surface area contributed by atoms with Gasteiger partial charge in [-0.05, 0) is 42.8 Å². The zero-order valence-corrected chi connectivity index (χ0v) is 13.2. The molecule has 0 unspecified atom stereocenters. The third kappa shape index (κ3) is 3.06. The Labute approximate surface area is 135 Å².